The van der Waals surface area contributed by atoms with E-state index in [1.165, 1.54) is 0 Å². The molecule has 7 heteroatoms. The molecule has 0 aliphatic rings. The van der Waals surface area contributed by atoms with Gasteiger partial charge < -0.3 is 15.2 Å². The van der Waals surface area contributed by atoms with Crippen LogP contribution in [0.1, 0.15) is 65.3 Å². The monoisotopic (exact) mass is 540 g/mol. The molecule has 0 aliphatic carbocycles. The quantitative estimate of drug-likeness (QED) is 0.208. The molecule has 0 fully saturated rings. The second-order valence-electron chi connectivity index (χ2n) is 9.28. The molecule has 0 bridgehead atoms. The normalized spacial score (nSPS) is 12.3. The summed E-state index contributed by atoms with van der Waals surface area (Å²) in [4.78, 5) is 23.2. The van der Waals surface area contributed by atoms with Crippen LogP contribution in [0.25, 0.3) is 10.8 Å². The second kappa shape index (κ2) is 12.9. The largest absolute Gasteiger partial charge is 0.484 e. The summed E-state index contributed by atoms with van der Waals surface area (Å²) in [6.45, 7) is 2.19. The van der Waals surface area contributed by atoms with E-state index in [0.29, 0.717) is 21.9 Å². The van der Waals surface area contributed by atoms with Crippen LogP contribution in [0.15, 0.2) is 84.9 Å². The van der Waals surface area contributed by atoms with E-state index in [0.717, 1.165) is 34.7 Å². The minimum atomic E-state index is -0.962. The highest BCUT2D eigenvalue weighted by molar-refractivity contribution is 6.30. The Morgan fingerprint density at radius 1 is 0.949 bits per heavy atom. The molecule has 198 valence electrons. The summed E-state index contributed by atoms with van der Waals surface area (Å²) in [5.41, 5.74) is 3.02. The number of nitrogens with one attached hydrogen (secondary N) is 1. The Bertz CT molecular complexity index is 1490. The molecule has 0 saturated heterocycles. The highest BCUT2D eigenvalue weighted by atomic mass is 35.5. The van der Waals surface area contributed by atoms with Crippen molar-refractivity contribution in [2.75, 3.05) is 6.54 Å². The van der Waals surface area contributed by atoms with E-state index < -0.39 is 5.97 Å². The Hall–Kier alpha value is -4.34. The Labute approximate surface area is 232 Å². The number of benzene rings is 4. The lowest BCUT2D eigenvalue weighted by Crippen LogP contribution is -2.26. The zero-order valence-corrected chi connectivity index (χ0v) is 22.3. The number of carboxylic acid groups (broad SMARTS) is 1. The standard InChI is InChI=1S/C32H29ClN2O4/c1-2-5-27(21-8-10-23(11-9-21)32(38)35-19-18-30(36)37)31(22-12-15-25(33)16-13-22)39-29-17-14-24(20-34)26-6-3-4-7-28(26)29/h3-4,6-17,27,31H,2,5,18-19H2,1H3,(H,35,38)(H,36,37)/t27-,31+/m1/s1. The second-order valence-corrected chi connectivity index (χ2v) is 9.71. The first-order valence-electron chi connectivity index (χ1n) is 12.8. The van der Waals surface area contributed by atoms with Crippen LogP contribution in [0.3, 0.4) is 0 Å². The first kappa shape index (κ1) is 27.7. The smallest absolute Gasteiger partial charge is 0.305 e. The summed E-state index contributed by atoms with van der Waals surface area (Å²) < 4.78 is 6.79. The molecule has 0 aliphatic heterocycles. The van der Waals surface area contributed by atoms with E-state index in [1.54, 1.807) is 18.2 Å². The Morgan fingerprint density at radius 2 is 1.62 bits per heavy atom. The number of rotatable bonds is 11. The molecule has 1 amide bonds. The van der Waals surface area contributed by atoms with Crippen molar-refractivity contribution in [3.05, 3.63) is 112 Å². The third kappa shape index (κ3) is 6.76. The lowest BCUT2D eigenvalue weighted by Gasteiger charge is -2.29. The van der Waals surface area contributed by atoms with Gasteiger partial charge in [-0.15, -0.1) is 0 Å². The Morgan fingerprint density at radius 3 is 2.26 bits per heavy atom. The van der Waals surface area contributed by atoms with Gasteiger partial charge in [-0.05, 0) is 53.9 Å². The van der Waals surface area contributed by atoms with Crippen LogP contribution >= 0.6 is 11.6 Å². The van der Waals surface area contributed by atoms with Crippen LogP contribution in [0, 0.1) is 11.3 Å². The molecule has 6 nitrogen and oxygen atoms in total. The number of aliphatic carboxylic acids is 1. The minimum absolute atomic E-state index is 0.0466. The van der Waals surface area contributed by atoms with Gasteiger partial charge in [0.1, 0.15) is 11.9 Å². The molecular weight excluding hydrogens is 512 g/mol. The fraction of sp³-hybridized carbons (Fsp3) is 0.219. The van der Waals surface area contributed by atoms with Gasteiger partial charge in [-0.3, -0.25) is 9.59 Å². The summed E-state index contributed by atoms with van der Waals surface area (Å²) in [5.74, 6) is -0.643. The molecule has 39 heavy (non-hydrogen) atoms. The minimum Gasteiger partial charge on any atom is -0.484 e. The van der Waals surface area contributed by atoms with E-state index in [4.69, 9.17) is 21.4 Å². The van der Waals surface area contributed by atoms with E-state index in [1.807, 2.05) is 66.7 Å². The maximum atomic E-state index is 12.5. The number of amides is 1. The van der Waals surface area contributed by atoms with Crippen molar-refractivity contribution in [2.45, 2.75) is 38.2 Å². The molecule has 4 aromatic rings. The van der Waals surface area contributed by atoms with Gasteiger partial charge in [0.15, 0.2) is 0 Å². The molecule has 2 atom stereocenters. The van der Waals surface area contributed by atoms with Gasteiger partial charge >= 0.3 is 5.97 Å². The number of nitrogens with zero attached hydrogens (tertiary/aromatic N) is 1. The molecule has 0 radical (unpaired) electrons. The van der Waals surface area contributed by atoms with Gasteiger partial charge in [-0.25, -0.2) is 0 Å². The SMILES string of the molecule is CCC[C@H](c1ccc(C(=O)NCCC(=O)O)cc1)[C@@H](Oc1ccc(C#N)c2ccccc12)c1ccc(Cl)cc1. The number of carbonyl (C=O) groups excluding carboxylic acids is 1. The summed E-state index contributed by atoms with van der Waals surface area (Å²) >= 11 is 6.20. The first-order valence-corrected chi connectivity index (χ1v) is 13.2. The van der Waals surface area contributed by atoms with Gasteiger partial charge in [0.2, 0.25) is 0 Å². The molecule has 0 aromatic heterocycles. The van der Waals surface area contributed by atoms with Gasteiger partial charge in [0, 0.05) is 33.8 Å². The number of hydrogen-bond acceptors (Lipinski definition) is 4. The van der Waals surface area contributed by atoms with Crippen LogP contribution in [0.4, 0.5) is 0 Å². The number of ether oxygens (including phenoxy) is 1. The third-order valence-electron chi connectivity index (χ3n) is 6.65. The molecular formula is C32H29ClN2O4. The zero-order valence-electron chi connectivity index (χ0n) is 21.6. The van der Waals surface area contributed by atoms with Crippen LogP contribution in [-0.4, -0.2) is 23.5 Å². The Kier molecular flexibility index (Phi) is 9.19. The van der Waals surface area contributed by atoms with Crippen molar-refractivity contribution in [1.82, 2.24) is 5.32 Å². The van der Waals surface area contributed by atoms with E-state index >= 15 is 0 Å². The van der Waals surface area contributed by atoms with Crippen LogP contribution in [0.2, 0.25) is 5.02 Å². The highest BCUT2D eigenvalue weighted by Gasteiger charge is 2.27. The van der Waals surface area contributed by atoms with Crippen molar-refractivity contribution in [3.8, 4) is 11.8 Å². The summed E-state index contributed by atoms with van der Waals surface area (Å²) in [6, 6.07) is 28.6. The van der Waals surface area contributed by atoms with Crippen LogP contribution in [0.5, 0.6) is 5.75 Å². The van der Waals surface area contributed by atoms with Gasteiger partial charge in [-0.2, -0.15) is 5.26 Å². The topological polar surface area (TPSA) is 99.4 Å². The zero-order chi connectivity index (χ0) is 27.8. The van der Waals surface area contributed by atoms with Crippen LogP contribution in [-0.2, 0) is 4.79 Å². The first-order chi connectivity index (χ1) is 18.9. The predicted molar refractivity (Wildman–Crippen MR) is 152 cm³/mol. The number of fused-ring (bicyclic) bond motifs is 1. The maximum Gasteiger partial charge on any atom is 0.305 e. The molecule has 0 heterocycles. The molecule has 4 aromatic carbocycles. The fourth-order valence-electron chi connectivity index (χ4n) is 4.71. The van der Waals surface area contributed by atoms with E-state index in [-0.39, 0.29) is 30.9 Å². The average molecular weight is 541 g/mol. The predicted octanol–water partition coefficient (Wildman–Crippen LogP) is 7.27. The number of carbonyl (C=O) groups is 2. The fourth-order valence-corrected chi connectivity index (χ4v) is 4.84. The van der Waals surface area contributed by atoms with Gasteiger partial charge in [0.25, 0.3) is 5.91 Å². The lowest BCUT2D eigenvalue weighted by atomic mass is 9.85. The van der Waals surface area contributed by atoms with Crippen molar-refractivity contribution in [1.29, 1.82) is 5.26 Å². The number of halogens is 1. The highest BCUT2D eigenvalue weighted by Crippen LogP contribution is 2.41. The van der Waals surface area contributed by atoms with Crippen LogP contribution < -0.4 is 10.1 Å². The van der Waals surface area contributed by atoms with Crippen molar-refractivity contribution >= 4 is 34.2 Å². The summed E-state index contributed by atoms with van der Waals surface area (Å²) in [6.07, 6.45) is 1.23. The van der Waals surface area contributed by atoms with Gasteiger partial charge in [-0.1, -0.05) is 73.5 Å². The van der Waals surface area contributed by atoms with Crippen molar-refractivity contribution in [2.24, 2.45) is 0 Å². The Balaban J connectivity index is 1.70. The van der Waals surface area contributed by atoms with Gasteiger partial charge in [0.05, 0.1) is 18.1 Å². The number of hydrogen-bond donors (Lipinski definition) is 2. The molecule has 0 unspecified atom stereocenters. The summed E-state index contributed by atoms with van der Waals surface area (Å²) in [5, 5.41) is 23.4. The maximum absolute atomic E-state index is 12.5. The number of carboxylic acids is 1. The summed E-state index contributed by atoms with van der Waals surface area (Å²) in [7, 11) is 0. The third-order valence-corrected chi connectivity index (χ3v) is 6.90. The number of nitriles is 1. The van der Waals surface area contributed by atoms with Crippen molar-refractivity contribution < 1.29 is 19.4 Å². The van der Waals surface area contributed by atoms with E-state index in [2.05, 4.69) is 18.3 Å². The lowest BCUT2D eigenvalue weighted by molar-refractivity contribution is -0.136. The molecule has 0 spiro atoms. The molecule has 2 N–H and O–H groups in total. The average Bonchev–Trinajstić information content (AvgIpc) is 2.95. The molecule has 0 saturated carbocycles. The van der Waals surface area contributed by atoms with E-state index in [9.17, 15) is 14.9 Å². The van der Waals surface area contributed by atoms with Crippen molar-refractivity contribution in [3.63, 3.8) is 0 Å². The molecule has 4 rings (SSSR count).